The Labute approximate surface area is 178 Å². The van der Waals surface area contributed by atoms with Gasteiger partial charge in [0, 0.05) is 23.4 Å². The maximum absolute atomic E-state index is 12.8. The lowest BCUT2D eigenvalue weighted by Gasteiger charge is -2.11. The van der Waals surface area contributed by atoms with Crippen LogP contribution in [-0.4, -0.2) is 31.6 Å². The largest absolute Gasteiger partial charge is 0.497 e. The molecule has 0 saturated heterocycles. The summed E-state index contributed by atoms with van der Waals surface area (Å²) in [4.78, 5) is 14.6. The standard InChI is InChI=1S/C21H15ClN2O5S/c1-29-16-9-11-20(17(22)12-16)30(27,28)24-18-5-3-2-4-15(18)8-6-14-7-10-19(21(25)26)23-13-14/h2-5,7,9-13,24H,1H3,(H,25,26). The number of para-hydroxylation sites is 1. The minimum atomic E-state index is -3.97. The van der Waals surface area contributed by atoms with Gasteiger partial charge in [0.05, 0.1) is 17.8 Å². The second kappa shape index (κ2) is 8.86. The van der Waals surface area contributed by atoms with Crippen molar-refractivity contribution in [2.75, 3.05) is 11.8 Å². The van der Waals surface area contributed by atoms with Gasteiger partial charge in [-0.1, -0.05) is 35.6 Å². The van der Waals surface area contributed by atoms with Gasteiger partial charge in [0.1, 0.15) is 16.3 Å². The maximum Gasteiger partial charge on any atom is 0.354 e. The number of carboxylic acid groups (broad SMARTS) is 1. The zero-order chi connectivity index (χ0) is 21.7. The quantitative estimate of drug-likeness (QED) is 0.584. The fourth-order valence-corrected chi connectivity index (χ4v) is 4.06. The highest BCUT2D eigenvalue weighted by atomic mass is 35.5. The first-order valence-corrected chi connectivity index (χ1v) is 10.3. The van der Waals surface area contributed by atoms with Gasteiger partial charge in [0.15, 0.2) is 0 Å². The van der Waals surface area contributed by atoms with Gasteiger partial charge < -0.3 is 9.84 Å². The van der Waals surface area contributed by atoms with Crippen molar-refractivity contribution < 1.29 is 23.1 Å². The Balaban J connectivity index is 1.90. The third-order valence-corrected chi connectivity index (χ3v) is 5.77. The monoisotopic (exact) mass is 442 g/mol. The first-order valence-electron chi connectivity index (χ1n) is 8.47. The van der Waals surface area contributed by atoms with Crippen LogP contribution in [0.4, 0.5) is 5.69 Å². The van der Waals surface area contributed by atoms with Crippen LogP contribution in [0, 0.1) is 11.8 Å². The zero-order valence-electron chi connectivity index (χ0n) is 15.6. The van der Waals surface area contributed by atoms with Crippen molar-refractivity contribution in [2.24, 2.45) is 0 Å². The lowest BCUT2D eigenvalue weighted by atomic mass is 10.1. The van der Waals surface area contributed by atoms with Crippen molar-refractivity contribution in [2.45, 2.75) is 4.90 Å². The van der Waals surface area contributed by atoms with Crippen molar-refractivity contribution in [3.63, 3.8) is 0 Å². The third kappa shape index (κ3) is 4.89. The molecule has 0 unspecified atom stereocenters. The van der Waals surface area contributed by atoms with E-state index in [1.54, 1.807) is 24.3 Å². The number of carbonyl (C=O) groups is 1. The third-order valence-electron chi connectivity index (χ3n) is 3.92. The number of benzene rings is 2. The number of methoxy groups -OCH3 is 1. The molecular weight excluding hydrogens is 428 g/mol. The van der Waals surface area contributed by atoms with Crippen LogP contribution in [0.2, 0.25) is 5.02 Å². The number of nitrogens with one attached hydrogen (secondary N) is 1. The van der Waals surface area contributed by atoms with Gasteiger partial charge in [-0.2, -0.15) is 0 Å². The lowest BCUT2D eigenvalue weighted by molar-refractivity contribution is 0.0690. The topological polar surface area (TPSA) is 106 Å². The minimum absolute atomic E-state index is 0.0232. The summed E-state index contributed by atoms with van der Waals surface area (Å²) in [6.45, 7) is 0. The average Bonchev–Trinajstić information content (AvgIpc) is 2.72. The Morgan fingerprint density at radius 1 is 1.13 bits per heavy atom. The van der Waals surface area contributed by atoms with Gasteiger partial charge in [0.25, 0.3) is 10.0 Å². The van der Waals surface area contributed by atoms with E-state index in [9.17, 15) is 13.2 Å². The first-order chi connectivity index (χ1) is 14.3. The molecule has 30 heavy (non-hydrogen) atoms. The maximum atomic E-state index is 12.8. The van der Waals surface area contributed by atoms with E-state index in [0.717, 1.165) is 0 Å². The molecule has 1 heterocycles. The Bertz CT molecular complexity index is 1260. The molecule has 0 saturated carbocycles. The van der Waals surface area contributed by atoms with E-state index in [4.69, 9.17) is 21.4 Å². The summed E-state index contributed by atoms with van der Waals surface area (Å²) < 4.78 is 33.1. The van der Waals surface area contributed by atoms with Crippen molar-refractivity contribution in [1.82, 2.24) is 4.98 Å². The van der Waals surface area contributed by atoms with Gasteiger partial charge >= 0.3 is 5.97 Å². The molecule has 9 heteroatoms. The second-order valence-electron chi connectivity index (χ2n) is 5.93. The highest BCUT2D eigenvalue weighted by Crippen LogP contribution is 2.28. The lowest BCUT2D eigenvalue weighted by Crippen LogP contribution is -2.14. The molecule has 0 aliphatic heterocycles. The van der Waals surface area contributed by atoms with Gasteiger partial charge in [-0.15, -0.1) is 0 Å². The van der Waals surface area contributed by atoms with Crippen molar-refractivity contribution in [1.29, 1.82) is 0 Å². The molecule has 0 radical (unpaired) electrons. The summed E-state index contributed by atoms with van der Waals surface area (Å²) in [5.74, 6) is 5.01. The number of hydrogen-bond donors (Lipinski definition) is 2. The summed E-state index contributed by atoms with van der Waals surface area (Å²) >= 11 is 6.10. The number of aromatic carboxylic acids is 1. The molecule has 2 aromatic carbocycles. The number of ether oxygens (including phenoxy) is 1. The molecule has 1 aromatic heterocycles. The normalized spacial score (nSPS) is 10.6. The molecule has 0 atom stereocenters. The van der Waals surface area contributed by atoms with Gasteiger partial charge in [-0.3, -0.25) is 4.72 Å². The minimum Gasteiger partial charge on any atom is -0.497 e. The Hall–Kier alpha value is -3.54. The van der Waals surface area contributed by atoms with E-state index in [1.807, 2.05) is 0 Å². The smallest absolute Gasteiger partial charge is 0.354 e. The number of anilines is 1. The Morgan fingerprint density at radius 3 is 2.53 bits per heavy atom. The summed E-state index contributed by atoms with van der Waals surface area (Å²) in [6, 6.07) is 13.7. The highest BCUT2D eigenvalue weighted by molar-refractivity contribution is 7.92. The van der Waals surface area contributed by atoms with Crippen LogP contribution in [-0.2, 0) is 10.0 Å². The predicted octanol–water partition coefficient (Wildman–Crippen LogP) is 3.64. The second-order valence-corrected chi connectivity index (χ2v) is 7.99. The molecule has 152 valence electrons. The molecule has 2 N–H and O–H groups in total. The number of carboxylic acids is 1. The molecule has 0 fully saturated rings. The molecule has 3 rings (SSSR count). The van der Waals surface area contributed by atoms with Crippen LogP contribution < -0.4 is 9.46 Å². The predicted molar refractivity (Wildman–Crippen MR) is 112 cm³/mol. The number of aromatic nitrogens is 1. The van der Waals surface area contributed by atoms with Crippen LogP contribution >= 0.6 is 11.6 Å². The fraction of sp³-hybridized carbons (Fsp3) is 0.0476. The summed E-state index contributed by atoms with van der Waals surface area (Å²) in [5, 5.41) is 8.91. The molecule has 0 spiro atoms. The molecule has 7 nitrogen and oxygen atoms in total. The number of rotatable bonds is 5. The van der Waals surface area contributed by atoms with Crippen LogP contribution in [0.5, 0.6) is 5.75 Å². The zero-order valence-corrected chi connectivity index (χ0v) is 17.2. The number of hydrogen-bond acceptors (Lipinski definition) is 5. The Morgan fingerprint density at radius 2 is 1.90 bits per heavy atom. The Kier molecular flexibility index (Phi) is 6.26. The van der Waals surface area contributed by atoms with Gasteiger partial charge in [-0.05, 0) is 36.4 Å². The fourth-order valence-electron chi connectivity index (χ4n) is 2.44. The van der Waals surface area contributed by atoms with Crippen LogP contribution in [0.25, 0.3) is 0 Å². The van der Waals surface area contributed by atoms with Gasteiger partial charge in [-0.25, -0.2) is 18.2 Å². The first kappa shape index (κ1) is 21.2. The van der Waals surface area contributed by atoms with Crippen LogP contribution in [0.15, 0.2) is 65.7 Å². The molecule has 0 bridgehead atoms. The molecule has 3 aromatic rings. The highest BCUT2D eigenvalue weighted by Gasteiger charge is 2.19. The summed E-state index contributed by atoms with van der Waals surface area (Å²) in [6.07, 6.45) is 1.33. The average molecular weight is 443 g/mol. The van der Waals surface area contributed by atoms with Gasteiger partial charge in [0.2, 0.25) is 0 Å². The molecule has 0 aliphatic rings. The molecule has 0 aliphatic carbocycles. The SMILES string of the molecule is COc1ccc(S(=O)(=O)Nc2ccccc2C#Cc2ccc(C(=O)O)nc2)c(Cl)c1. The molecular formula is C21H15ClN2O5S. The number of sulfonamides is 1. The van der Waals surface area contributed by atoms with E-state index in [1.165, 1.54) is 43.6 Å². The van der Waals surface area contributed by atoms with E-state index >= 15 is 0 Å². The summed E-state index contributed by atoms with van der Waals surface area (Å²) in [7, 11) is -2.52. The van der Waals surface area contributed by atoms with E-state index in [2.05, 4.69) is 21.5 Å². The van der Waals surface area contributed by atoms with E-state index in [-0.39, 0.29) is 21.3 Å². The molecule has 0 amide bonds. The summed E-state index contributed by atoms with van der Waals surface area (Å²) in [5.41, 5.74) is 1.08. The number of halogens is 1. The van der Waals surface area contributed by atoms with Crippen molar-refractivity contribution in [3.8, 4) is 17.6 Å². The van der Waals surface area contributed by atoms with Crippen molar-refractivity contribution in [3.05, 3.63) is 82.6 Å². The van der Waals surface area contributed by atoms with E-state index < -0.39 is 16.0 Å². The van der Waals surface area contributed by atoms with E-state index in [0.29, 0.717) is 16.9 Å². The van der Waals surface area contributed by atoms with Crippen molar-refractivity contribution >= 4 is 33.3 Å². The number of nitrogens with zero attached hydrogens (tertiary/aromatic N) is 1. The van der Waals surface area contributed by atoms with Crippen LogP contribution in [0.3, 0.4) is 0 Å². The number of pyridine rings is 1. The van der Waals surface area contributed by atoms with Crippen LogP contribution in [0.1, 0.15) is 21.6 Å².